The average Bonchev–Trinajstić information content (AvgIpc) is 2.76. The van der Waals surface area contributed by atoms with E-state index in [0.29, 0.717) is 19.6 Å². The summed E-state index contributed by atoms with van der Waals surface area (Å²) in [7, 11) is 0. The van der Waals surface area contributed by atoms with Gasteiger partial charge in [-0.05, 0) is 12.8 Å². The molecule has 17 heavy (non-hydrogen) atoms. The normalized spacial score (nSPS) is 22.6. The Morgan fingerprint density at radius 1 is 1.35 bits per heavy atom. The van der Waals surface area contributed by atoms with E-state index < -0.39 is 0 Å². The second-order valence-electron chi connectivity index (χ2n) is 3.88. The largest absolute Gasteiger partial charge is 0.364 e. The molecule has 4 nitrogen and oxygen atoms in total. The molecule has 1 aliphatic rings. The molecule has 0 unspecified atom stereocenters. The maximum Gasteiger partial charge on any atom is 0.252 e. The molecule has 0 aromatic carbocycles. The van der Waals surface area contributed by atoms with Crippen LogP contribution in [0.15, 0.2) is 25.3 Å². The minimum Gasteiger partial charge on any atom is -0.364 e. The van der Waals surface area contributed by atoms with Gasteiger partial charge in [0.2, 0.25) is 0 Å². The van der Waals surface area contributed by atoms with Crippen LogP contribution < -0.4 is 5.73 Å². The van der Waals surface area contributed by atoms with Gasteiger partial charge >= 0.3 is 0 Å². The number of hydrogen-bond donors (Lipinski definition) is 1. The van der Waals surface area contributed by atoms with Crippen LogP contribution in [0.4, 0.5) is 0 Å². The lowest BCUT2D eigenvalue weighted by molar-refractivity contribution is -0.141. The molecule has 0 radical (unpaired) electrons. The van der Waals surface area contributed by atoms with Crippen LogP contribution in [0, 0.1) is 0 Å². The third-order valence-electron chi connectivity index (χ3n) is 2.66. The van der Waals surface area contributed by atoms with Gasteiger partial charge in [-0.15, -0.1) is 25.6 Å². The predicted molar refractivity (Wildman–Crippen MR) is 71.2 cm³/mol. The van der Waals surface area contributed by atoms with Crippen molar-refractivity contribution in [3.63, 3.8) is 0 Å². The van der Waals surface area contributed by atoms with Crippen LogP contribution >= 0.6 is 12.4 Å². The molecule has 0 aliphatic carbocycles. The first-order valence-electron chi connectivity index (χ1n) is 5.59. The number of halogens is 1. The lowest BCUT2D eigenvalue weighted by Crippen LogP contribution is -2.39. The van der Waals surface area contributed by atoms with Crippen molar-refractivity contribution in [1.82, 2.24) is 4.90 Å². The Labute approximate surface area is 109 Å². The van der Waals surface area contributed by atoms with Gasteiger partial charge < -0.3 is 15.4 Å². The first-order chi connectivity index (χ1) is 7.72. The number of carbonyl (C=O) groups is 1. The Balaban J connectivity index is 0.00000256. The van der Waals surface area contributed by atoms with Gasteiger partial charge in [0.1, 0.15) is 6.10 Å². The van der Waals surface area contributed by atoms with Crippen molar-refractivity contribution in [1.29, 1.82) is 0 Å². The molecule has 0 spiro atoms. The number of amides is 1. The zero-order valence-corrected chi connectivity index (χ0v) is 10.8. The number of hydrogen-bond acceptors (Lipinski definition) is 3. The Kier molecular flexibility index (Phi) is 7.87. The molecule has 1 heterocycles. The van der Waals surface area contributed by atoms with Crippen molar-refractivity contribution in [2.45, 2.75) is 25.0 Å². The van der Waals surface area contributed by atoms with E-state index in [4.69, 9.17) is 10.5 Å². The van der Waals surface area contributed by atoms with Crippen LogP contribution in [0.2, 0.25) is 0 Å². The molecule has 0 bridgehead atoms. The van der Waals surface area contributed by atoms with Crippen LogP contribution in [0.3, 0.4) is 0 Å². The van der Waals surface area contributed by atoms with Gasteiger partial charge in [-0.3, -0.25) is 4.79 Å². The van der Waals surface area contributed by atoms with Gasteiger partial charge in [0, 0.05) is 19.6 Å². The fourth-order valence-electron chi connectivity index (χ4n) is 1.83. The number of nitrogens with zero attached hydrogens (tertiary/aromatic N) is 1. The molecule has 0 saturated carbocycles. The Morgan fingerprint density at radius 3 is 2.35 bits per heavy atom. The molecule has 1 fully saturated rings. The Hall–Kier alpha value is -0.840. The van der Waals surface area contributed by atoms with E-state index in [2.05, 4.69) is 13.2 Å². The van der Waals surface area contributed by atoms with Crippen molar-refractivity contribution in [2.24, 2.45) is 5.73 Å². The molecule has 1 aliphatic heterocycles. The molecule has 2 N–H and O–H groups in total. The Bertz CT molecular complexity index is 261. The number of nitrogens with two attached hydrogens (primary N) is 1. The zero-order valence-electron chi connectivity index (χ0n) is 10.0. The molecule has 98 valence electrons. The van der Waals surface area contributed by atoms with E-state index in [0.717, 1.165) is 12.8 Å². The quantitative estimate of drug-likeness (QED) is 0.728. The highest BCUT2D eigenvalue weighted by Gasteiger charge is 2.32. The molecule has 1 amide bonds. The molecule has 0 aromatic heterocycles. The second kappa shape index (κ2) is 8.28. The summed E-state index contributed by atoms with van der Waals surface area (Å²) >= 11 is 0. The van der Waals surface area contributed by atoms with Gasteiger partial charge in [-0.25, -0.2) is 0 Å². The van der Waals surface area contributed by atoms with Crippen LogP contribution in [-0.2, 0) is 9.53 Å². The second-order valence-corrected chi connectivity index (χ2v) is 3.88. The summed E-state index contributed by atoms with van der Waals surface area (Å²) in [5, 5.41) is 0. The fourth-order valence-corrected chi connectivity index (χ4v) is 1.83. The van der Waals surface area contributed by atoms with Gasteiger partial charge in [-0.1, -0.05) is 12.2 Å². The molecule has 2 atom stereocenters. The topological polar surface area (TPSA) is 55.6 Å². The van der Waals surface area contributed by atoms with E-state index >= 15 is 0 Å². The molecule has 5 heteroatoms. The van der Waals surface area contributed by atoms with Crippen molar-refractivity contribution < 1.29 is 9.53 Å². The molecule has 0 aromatic rings. The van der Waals surface area contributed by atoms with Gasteiger partial charge in [-0.2, -0.15) is 0 Å². The van der Waals surface area contributed by atoms with Crippen LogP contribution in [-0.4, -0.2) is 42.6 Å². The van der Waals surface area contributed by atoms with Gasteiger partial charge in [0.05, 0.1) is 6.10 Å². The van der Waals surface area contributed by atoms with Gasteiger partial charge in [0.25, 0.3) is 5.91 Å². The molecular weight excluding hydrogens is 240 g/mol. The maximum absolute atomic E-state index is 12.1. The van der Waals surface area contributed by atoms with E-state index in [1.54, 1.807) is 17.1 Å². The number of rotatable bonds is 6. The summed E-state index contributed by atoms with van der Waals surface area (Å²) in [5.74, 6) is 0.00995. The summed E-state index contributed by atoms with van der Waals surface area (Å²) in [6, 6.07) is 0. The molecule has 1 rings (SSSR count). The van der Waals surface area contributed by atoms with Crippen molar-refractivity contribution >= 4 is 18.3 Å². The summed E-state index contributed by atoms with van der Waals surface area (Å²) in [5.41, 5.74) is 5.51. The number of ether oxygens (including phenoxy) is 1. The highest BCUT2D eigenvalue weighted by atomic mass is 35.5. The lowest BCUT2D eigenvalue weighted by Gasteiger charge is -2.23. The third-order valence-corrected chi connectivity index (χ3v) is 2.66. The standard InChI is InChI=1S/C12H20N2O2.ClH/c1-3-7-14(8-4-2)12(15)11-6-5-10(9-13)16-11;/h3-4,10-11H,1-2,5-9,13H2;1H/t10-,11+;/m1./s1. The average molecular weight is 261 g/mol. The van der Waals surface area contributed by atoms with E-state index in [1.807, 2.05) is 0 Å². The zero-order chi connectivity index (χ0) is 12.0. The van der Waals surface area contributed by atoms with Crippen LogP contribution in [0.1, 0.15) is 12.8 Å². The van der Waals surface area contributed by atoms with Crippen molar-refractivity contribution in [2.75, 3.05) is 19.6 Å². The predicted octanol–water partition coefficient (Wildman–Crippen LogP) is 1.12. The monoisotopic (exact) mass is 260 g/mol. The van der Waals surface area contributed by atoms with Gasteiger partial charge in [0.15, 0.2) is 0 Å². The van der Waals surface area contributed by atoms with E-state index in [9.17, 15) is 4.79 Å². The minimum atomic E-state index is -0.339. The SMILES string of the molecule is C=CCN(CC=C)C(=O)[C@@H]1CC[C@H](CN)O1.Cl. The highest BCUT2D eigenvalue weighted by molar-refractivity contribution is 5.85. The summed E-state index contributed by atoms with van der Waals surface area (Å²) < 4.78 is 5.56. The Morgan fingerprint density at radius 2 is 1.94 bits per heavy atom. The van der Waals surface area contributed by atoms with Crippen LogP contribution in [0.5, 0.6) is 0 Å². The van der Waals surface area contributed by atoms with Crippen molar-refractivity contribution in [3.8, 4) is 0 Å². The summed E-state index contributed by atoms with van der Waals surface area (Å²) in [6.07, 6.45) is 4.72. The van der Waals surface area contributed by atoms with Crippen molar-refractivity contribution in [3.05, 3.63) is 25.3 Å². The number of carbonyl (C=O) groups excluding carboxylic acids is 1. The maximum atomic E-state index is 12.1. The summed E-state index contributed by atoms with van der Waals surface area (Å²) in [6.45, 7) is 8.80. The van der Waals surface area contributed by atoms with Crippen LogP contribution in [0.25, 0.3) is 0 Å². The lowest BCUT2D eigenvalue weighted by atomic mass is 10.2. The fraction of sp³-hybridized carbons (Fsp3) is 0.583. The highest BCUT2D eigenvalue weighted by Crippen LogP contribution is 2.20. The first kappa shape index (κ1) is 16.2. The van der Waals surface area contributed by atoms with E-state index in [-0.39, 0.29) is 30.5 Å². The first-order valence-corrected chi connectivity index (χ1v) is 5.59. The smallest absolute Gasteiger partial charge is 0.252 e. The summed E-state index contributed by atoms with van der Waals surface area (Å²) in [4.78, 5) is 13.7. The molecular formula is C12H21ClN2O2. The minimum absolute atomic E-state index is 0. The van der Waals surface area contributed by atoms with E-state index in [1.165, 1.54) is 0 Å². The third kappa shape index (κ3) is 4.50. The molecule has 1 saturated heterocycles.